The molecule has 1 saturated heterocycles. The van der Waals surface area contributed by atoms with Gasteiger partial charge in [0.1, 0.15) is 11.9 Å². The number of imidazole rings is 1. The van der Waals surface area contributed by atoms with Gasteiger partial charge in [0.2, 0.25) is 5.91 Å². The molecule has 1 amide bonds. The normalized spacial score (nSPS) is 16.6. The van der Waals surface area contributed by atoms with E-state index < -0.39 is 0 Å². The highest BCUT2D eigenvalue weighted by Crippen LogP contribution is 2.20. The molecule has 1 aromatic heterocycles. The molecule has 0 bridgehead atoms. The highest BCUT2D eigenvalue weighted by atomic mass is 16.5. The van der Waals surface area contributed by atoms with Crippen LogP contribution in [0.1, 0.15) is 35.4 Å². The van der Waals surface area contributed by atoms with Crippen molar-refractivity contribution in [3.63, 3.8) is 0 Å². The summed E-state index contributed by atoms with van der Waals surface area (Å²) < 4.78 is 7.73. The summed E-state index contributed by atoms with van der Waals surface area (Å²) in [4.78, 5) is 17.0. The minimum Gasteiger partial charge on any atom is -0.368 e. The van der Waals surface area contributed by atoms with E-state index >= 15 is 0 Å². The van der Waals surface area contributed by atoms with Crippen LogP contribution in [0.2, 0.25) is 0 Å². The second kappa shape index (κ2) is 8.15. The van der Waals surface area contributed by atoms with Crippen LogP contribution in [0.15, 0.2) is 42.5 Å². The fourth-order valence-corrected chi connectivity index (χ4v) is 3.83. The Morgan fingerprint density at radius 2 is 2.11 bits per heavy atom. The molecular weight excluding hydrogens is 350 g/mol. The third-order valence-corrected chi connectivity index (χ3v) is 5.44. The van der Waals surface area contributed by atoms with E-state index in [9.17, 15) is 4.79 Å². The second-order valence-corrected chi connectivity index (χ2v) is 7.58. The van der Waals surface area contributed by atoms with Crippen LogP contribution >= 0.6 is 0 Å². The van der Waals surface area contributed by atoms with Crippen LogP contribution in [0, 0.1) is 13.8 Å². The number of fused-ring (bicyclic) bond motifs is 1. The Labute approximate surface area is 165 Å². The Morgan fingerprint density at radius 3 is 2.93 bits per heavy atom. The van der Waals surface area contributed by atoms with Gasteiger partial charge < -0.3 is 14.6 Å². The summed E-state index contributed by atoms with van der Waals surface area (Å²) in [5, 5.41) is 3.01. The monoisotopic (exact) mass is 377 g/mol. The number of carbonyl (C=O) groups excluding carboxylic acids is 1. The number of carbonyl (C=O) groups is 1. The maximum atomic E-state index is 12.2. The lowest BCUT2D eigenvalue weighted by atomic mass is 10.1. The summed E-state index contributed by atoms with van der Waals surface area (Å²) in [7, 11) is 0. The van der Waals surface area contributed by atoms with E-state index in [1.54, 1.807) is 0 Å². The fourth-order valence-electron chi connectivity index (χ4n) is 3.83. The number of nitrogens with zero attached hydrogens (tertiary/aromatic N) is 2. The molecule has 2 heterocycles. The van der Waals surface area contributed by atoms with Crippen molar-refractivity contribution < 1.29 is 9.53 Å². The predicted molar refractivity (Wildman–Crippen MR) is 110 cm³/mol. The van der Waals surface area contributed by atoms with Gasteiger partial charge in [-0.3, -0.25) is 4.79 Å². The third kappa shape index (κ3) is 3.94. The van der Waals surface area contributed by atoms with E-state index in [-0.39, 0.29) is 12.0 Å². The Morgan fingerprint density at radius 1 is 1.25 bits per heavy atom. The van der Waals surface area contributed by atoms with Crippen molar-refractivity contribution in [2.45, 2.75) is 45.8 Å². The minimum absolute atomic E-state index is 0.00492. The average Bonchev–Trinajstić information content (AvgIpc) is 3.34. The lowest BCUT2D eigenvalue weighted by Crippen LogP contribution is -2.35. The number of amides is 1. The van der Waals surface area contributed by atoms with Gasteiger partial charge in [0.25, 0.3) is 0 Å². The molecule has 0 spiro atoms. The van der Waals surface area contributed by atoms with Gasteiger partial charge in [-0.05, 0) is 49.9 Å². The molecule has 1 unspecified atom stereocenters. The molecule has 28 heavy (non-hydrogen) atoms. The molecule has 1 N–H and O–H groups in total. The Hall–Kier alpha value is -2.66. The van der Waals surface area contributed by atoms with Gasteiger partial charge in [-0.25, -0.2) is 4.98 Å². The number of nitrogens with one attached hydrogen (secondary N) is 1. The first-order valence-electron chi connectivity index (χ1n) is 10.0. The summed E-state index contributed by atoms with van der Waals surface area (Å²) in [5.41, 5.74) is 5.96. The molecule has 0 radical (unpaired) electrons. The van der Waals surface area contributed by atoms with Crippen LogP contribution in [-0.2, 0) is 22.5 Å². The van der Waals surface area contributed by atoms with Gasteiger partial charge in [-0.15, -0.1) is 0 Å². The lowest BCUT2D eigenvalue weighted by molar-refractivity contribution is -0.130. The number of aryl methyl sites for hydroxylation is 2. The summed E-state index contributed by atoms with van der Waals surface area (Å²) in [5.74, 6) is 0.990. The molecule has 5 nitrogen and oxygen atoms in total. The van der Waals surface area contributed by atoms with Crippen LogP contribution < -0.4 is 5.32 Å². The second-order valence-electron chi connectivity index (χ2n) is 7.58. The highest BCUT2D eigenvalue weighted by molar-refractivity contribution is 5.81. The van der Waals surface area contributed by atoms with Crippen molar-refractivity contribution in [1.29, 1.82) is 0 Å². The first kappa shape index (κ1) is 18.7. The maximum Gasteiger partial charge on any atom is 0.249 e. The molecule has 1 aliphatic rings. The van der Waals surface area contributed by atoms with Crippen molar-refractivity contribution in [3.05, 3.63) is 65.0 Å². The molecule has 0 saturated carbocycles. The summed E-state index contributed by atoms with van der Waals surface area (Å²) >= 11 is 0. The largest absolute Gasteiger partial charge is 0.368 e. The molecule has 1 aliphatic heterocycles. The van der Waals surface area contributed by atoms with Gasteiger partial charge in [0.05, 0.1) is 11.0 Å². The lowest BCUT2D eigenvalue weighted by Gasteiger charge is -2.13. The summed E-state index contributed by atoms with van der Waals surface area (Å²) in [6.07, 6.45) is 2.19. The van der Waals surface area contributed by atoms with E-state index in [2.05, 4.69) is 48.0 Å². The van der Waals surface area contributed by atoms with E-state index in [0.717, 1.165) is 36.2 Å². The zero-order valence-electron chi connectivity index (χ0n) is 16.6. The van der Waals surface area contributed by atoms with E-state index in [0.29, 0.717) is 19.6 Å². The zero-order valence-corrected chi connectivity index (χ0v) is 16.6. The van der Waals surface area contributed by atoms with Gasteiger partial charge in [0.15, 0.2) is 0 Å². The smallest absolute Gasteiger partial charge is 0.249 e. The molecule has 4 rings (SSSR count). The number of para-hydroxylation sites is 2. The minimum atomic E-state index is -0.284. The molecule has 3 aromatic rings. The number of hydrogen-bond donors (Lipinski definition) is 1. The van der Waals surface area contributed by atoms with Crippen molar-refractivity contribution in [3.8, 4) is 0 Å². The topological polar surface area (TPSA) is 56.2 Å². The zero-order chi connectivity index (χ0) is 19.5. The molecule has 1 fully saturated rings. The molecule has 2 aromatic carbocycles. The number of benzene rings is 2. The summed E-state index contributed by atoms with van der Waals surface area (Å²) in [6, 6.07) is 14.8. The molecule has 1 atom stereocenters. The molecular formula is C23H27N3O2. The number of rotatable bonds is 6. The Bertz CT molecular complexity index is 987. The maximum absolute atomic E-state index is 12.2. The summed E-state index contributed by atoms with van der Waals surface area (Å²) in [6.45, 7) is 6.30. The van der Waals surface area contributed by atoms with E-state index in [4.69, 9.17) is 9.72 Å². The van der Waals surface area contributed by atoms with Gasteiger partial charge in [-0.2, -0.15) is 0 Å². The fraction of sp³-hybridized carbons (Fsp3) is 0.391. The Kier molecular flexibility index (Phi) is 5.44. The quantitative estimate of drug-likeness (QED) is 0.715. The van der Waals surface area contributed by atoms with Crippen molar-refractivity contribution in [2.24, 2.45) is 0 Å². The SMILES string of the molecule is Cc1ccc(C)c(Cn2c(CCNC(=O)C3CCCO3)nc3ccccc32)c1. The van der Waals surface area contributed by atoms with Crippen molar-refractivity contribution in [2.75, 3.05) is 13.2 Å². The Balaban J connectivity index is 1.54. The van der Waals surface area contributed by atoms with E-state index in [1.165, 1.54) is 16.7 Å². The van der Waals surface area contributed by atoms with Crippen LogP contribution in [0.5, 0.6) is 0 Å². The van der Waals surface area contributed by atoms with Crippen molar-refractivity contribution in [1.82, 2.24) is 14.9 Å². The van der Waals surface area contributed by atoms with Crippen LogP contribution in [0.25, 0.3) is 11.0 Å². The molecule has 146 valence electrons. The van der Waals surface area contributed by atoms with Gasteiger partial charge in [-0.1, -0.05) is 35.9 Å². The standard InChI is InChI=1S/C23H27N3O2/c1-16-9-10-17(2)18(14-16)15-26-20-7-4-3-6-19(20)25-22(26)11-12-24-23(27)21-8-5-13-28-21/h3-4,6-7,9-10,14,21H,5,8,11-13,15H2,1-2H3,(H,24,27). The van der Waals surface area contributed by atoms with Gasteiger partial charge >= 0.3 is 0 Å². The first-order chi connectivity index (χ1) is 13.6. The van der Waals surface area contributed by atoms with Crippen LogP contribution in [0.4, 0.5) is 0 Å². The highest BCUT2D eigenvalue weighted by Gasteiger charge is 2.23. The molecule has 0 aliphatic carbocycles. The number of ether oxygens (including phenoxy) is 1. The number of hydrogen-bond acceptors (Lipinski definition) is 3. The first-order valence-corrected chi connectivity index (χ1v) is 10.0. The van der Waals surface area contributed by atoms with Crippen molar-refractivity contribution >= 4 is 16.9 Å². The van der Waals surface area contributed by atoms with Crippen LogP contribution in [0.3, 0.4) is 0 Å². The predicted octanol–water partition coefficient (Wildman–Crippen LogP) is 3.54. The molecule has 5 heteroatoms. The van der Waals surface area contributed by atoms with Crippen LogP contribution in [-0.4, -0.2) is 34.7 Å². The van der Waals surface area contributed by atoms with E-state index in [1.807, 2.05) is 18.2 Å². The number of aromatic nitrogens is 2. The average molecular weight is 377 g/mol. The van der Waals surface area contributed by atoms with Gasteiger partial charge in [0, 0.05) is 26.1 Å². The third-order valence-electron chi connectivity index (χ3n) is 5.44.